The third-order valence-electron chi connectivity index (χ3n) is 2.43. The zero-order valence-electron chi connectivity index (χ0n) is 9.87. The lowest BCUT2D eigenvalue weighted by Crippen LogP contribution is -2.47. The predicted molar refractivity (Wildman–Crippen MR) is 59.7 cm³/mol. The summed E-state index contributed by atoms with van der Waals surface area (Å²) < 4.78 is 1.71. The van der Waals surface area contributed by atoms with E-state index in [4.69, 9.17) is 0 Å². The minimum atomic E-state index is -0.466. The van der Waals surface area contributed by atoms with Crippen LogP contribution in [0.5, 0.6) is 0 Å². The Morgan fingerprint density at radius 3 is 2.73 bits per heavy atom. The number of nitrogens with one attached hydrogen (secondary N) is 1. The molecule has 84 valence electrons. The molecule has 4 nitrogen and oxygen atoms in total. The van der Waals surface area contributed by atoms with Crippen LogP contribution in [0.1, 0.15) is 26.5 Å². The minimum absolute atomic E-state index is 0.169. The van der Waals surface area contributed by atoms with Crippen molar-refractivity contribution in [2.75, 3.05) is 6.54 Å². The molecule has 0 amide bonds. The number of carbonyl (C=O) groups excluding carboxylic acids is 1. The highest BCUT2D eigenvalue weighted by Crippen LogP contribution is 2.08. The van der Waals surface area contributed by atoms with Crippen molar-refractivity contribution in [3.8, 4) is 0 Å². The number of carbonyl (C=O) groups is 1. The van der Waals surface area contributed by atoms with E-state index in [9.17, 15) is 4.79 Å². The third kappa shape index (κ3) is 3.16. The van der Waals surface area contributed by atoms with Crippen LogP contribution in [0.4, 0.5) is 0 Å². The summed E-state index contributed by atoms with van der Waals surface area (Å²) in [5.41, 5.74) is 0.361. The highest BCUT2D eigenvalue weighted by atomic mass is 16.1. The van der Waals surface area contributed by atoms with Crippen LogP contribution in [0, 0.1) is 0 Å². The van der Waals surface area contributed by atoms with Gasteiger partial charge >= 0.3 is 0 Å². The van der Waals surface area contributed by atoms with Gasteiger partial charge in [-0.1, -0.05) is 6.92 Å². The molecule has 0 aromatic carbocycles. The van der Waals surface area contributed by atoms with Gasteiger partial charge in [0, 0.05) is 13.2 Å². The lowest BCUT2D eigenvalue weighted by molar-refractivity contribution is -0.123. The molecule has 0 saturated heterocycles. The Hall–Kier alpha value is -1.16. The quantitative estimate of drug-likeness (QED) is 0.784. The molecule has 0 aliphatic heterocycles. The largest absolute Gasteiger partial charge is 0.306 e. The Labute approximate surface area is 90.7 Å². The van der Waals surface area contributed by atoms with Crippen molar-refractivity contribution in [3.63, 3.8) is 0 Å². The molecule has 1 aromatic heterocycles. The fourth-order valence-electron chi connectivity index (χ4n) is 1.48. The fraction of sp³-hybridized carbons (Fsp3) is 0.636. The van der Waals surface area contributed by atoms with Crippen molar-refractivity contribution in [2.24, 2.45) is 7.05 Å². The number of hydrogen-bond acceptors (Lipinski definition) is 3. The standard InChI is InChI=1S/C11H19N3O/c1-5-12-11(2,3)10(15)8-9-6-7-14(4)13-9/h6-7,12H,5,8H2,1-4H3. The second-order valence-corrected chi connectivity index (χ2v) is 4.24. The number of hydrogen-bond donors (Lipinski definition) is 1. The number of likely N-dealkylation sites (N-methyl/N-ethyl adjacent to an activating group) is 1. The maximum atomic E-state index is 11.9. The Morgan fingerprint density at radius 1 is 1.60 bits per heavy atom. The van der Waals surface area contributed by atoms with Gasteiger partial charge in [-0.2, -0.15) is 5.10 Å². The molecule has 0 radical (unpaired) electrons. The van der Waals surface area contributed by atoms with E-state index in [1.54, 1.807) is 4.68 Å². The summed E-state index contributed by atoms with van der Waals surface area (Å²) in [6.07, 6.45) is 2.24. The molecule has 1 N–H and O–H groups in total. The molecule has 0 atom stereocenters. The second kappa shape index (κ2) is 4.57. The number of Topliss-reactive ketones (excluding diaryl/α,β-unsaturated/α-hetero) is 1. The minimum Gasteiger partial charge on any atom is -0.306 e. The Bertz CT molecular complexity index is 341. The zero-order valence-corrected chi connectivity index (χ0v) is 9.87. The monoisotopic (exact) mass is 209 g/mol. The van der Waals surface area contributed by atoms with Crippen LogP contribution in [0.3, 0.4) is 0 Å². The molecular weight excluding hydrogens is 190 g/mol. The zero-order chi connectivity index (χ0) is 11.5. The number of rotatable bonds is 5. The Morgan fingerprint density at radius 2 is 2.27 bits per heavy atom. The molecule has 0 aliphatic carbocycles. The maximum Gasteiger partial charge on any atom is 0.158 e. The molecule has 0 fully saturated rings. The van der Waals surface area contributed by atoms with Crippen LogP contribution >= 0.6 is 0 Å². The van der Waals surface area contributed by atoms with Crippen molar-refractivity contribution in [2.45, 2.75) is 32.7 Å². The van der Waals surface area contributed by atoms with Gasteiger partial charge in [0.25, 0.3) is 0 Å². The van der Waals surface area contributed by atoms with Gasteiger partial charge in [-0.25, -0.2) is 0 Å². The summed E-state index contributed by atoms with van der Waals surface area (Å²) in [6, 6.07) is 1.87. The fourth-order valence-corrected chi connectivity index (χ4v) is 1.48. The highest BCUT2D eigenvalue weighted by Gasteiger charge is 2.26. The molecule has 0 unspecified atom stereocenters. The first-order valence-corrected chi connectivity index (χ1v) is 5.22. The highest BCUT2D eigenvalue weighted by molar-refractivity contribution is 5.89. The van der Waals surface area contributed by atoms with Crippen molar-refractivity contribution in [1.29, 1.82) is 0 Å². The third-order valence-corrected chi connectivity index (χ3v) is 2.43. The molecule has 4 heteroatoms. The molecule has 1 heterocycles. The van der Waals surface area contributed by atoms with Gasteiger partial charge in [0.1, 0.15) is 0 Å². The molecule has 0 saturated carbocycles. The first kappa shape index (κ1) is 11.9. The molecule has 1 rings (SSSR count). The average Bonchev–Trinajstić information content (AvgIpc) is 2.51. The Balaban J connectivity index is 2.63. The first-order valence-electron chi connectivity index (χ1n) is 5.22. The average molecular weight is 209 g/mol. The molecule has 0 aliphatic rings. The van der Waals surface area contributed by atoms with E-state index >= 15 is 0 Å². The molecule has 0 spiro atoms. The van der Waals surface area contributed by atoms with Crippen molar-refractivity contribution in [1.82, 2.24) is 15.1 Å². The molecule has 1 aromatic rings. The van der Waals surface area contributed by atoms with Crippen molar-refractivity contribution < 1.29 is 4.79 Å². The SMILES string of the molecule is CCNC(C)(C)C(=O)Cc1ccn(C)n1. The molecule has 15 heavy (non-hydrogen) atoms. The number of ketones is 1. The Kier molecular flexibility index (Phi) is 3.63. The number of aryl methyl sites for hydroxylation is 1. The van der Waals surface area contributed by atoms with E-state index in [0.29, 0.717) is 6.42 Å². The summed E-state index contributed by atoms with van der Waals surface area (Å²) in [5.74, 6) is 0.169. The van der Waals surface area contributed by atoms with Gasteiger partial charge < -0.3 is 5.32 Å². The van der Waals surface area contributed by atoms with Crippen LogP contribution < -0.4 is 5.32 Å². The summed E-state index contributed by atoms with van der Waals surface area (Å²) in [7, 11) is 1.85. The van der Waals surface area contributed by atoms with E-state index < -0.39 is 5.54 Å². The van der Waals surface area contributed by atoms with E-state index in [1.807, 2.05) is 40.1 Å². The topological polar surface area (TPSA) is 46.9 Å². The van der Waals surface area contributed by atoms with Gasteiger partial charge in [-0.3, -0.25) is 9.48 Å². The van der Waals surface area contributed by atoms with Gasteiger partial charge in [0.05, 0.1) is 17.7 Å². The number of aromatic nitrogens is 2. The van der Waals surface area contributed by atoms with Crippen LogP contribution in [0.15, 0.2) is 12.3 Å². The van der Waals surface area contributed by atoms with Crippen LogP contribution in [0.2, 0.25) is 0 Å². The normalized spacial score (nSPS) is 11.7. The van der Waals surface area contributed by atoms with Gasteiger partial charge in [0.2, 0.25) is 0 Å². The van der Waals surface area contributed by atoms with Crippen LogP contribution in [0.25, 0.3) is 0 Å². The van der Waals surface area contributed by atoms with E-state index in [1.165, 1.54) is 0 Å². The summed E-state index contributed by atoms with van der Waals surface area (Å²) in [5, 5.41) is 7.36. The van der Waals surface area contributed by atoms with E-state index in [2.05, 4.69) is 10.4 Å². The summed E-state index contributed by atoms with van der Waals surface area (Å²) in [4.78, 5) is 11.9. The number of nitrogens with zero attached hydrogens (tertiary/aromatic N) is 2. The van der Waals surface area contributed by atoms with Crippen LogP contribution in [-0.4, -0.2) is 27.6 Å². The van der Waals surface area contributed by atoms with Gasteiger partial charge in [-0.15, -0.1) is 0 Å². The van der Waals surface area contributed by atoms with E-state index in [0.717, 1.165) is 12.2 Å². The molecule has 0 bridgehead atoms. The van der Waals surface area contributed by atoms with Crippen LogP contribution in [-0.2, 0) is 18.3 Å². The van der Waals surface area contributed by atoms with Gasteiger partial charge in [0.15, 0.2) is 5.78 Å². The molecular formula is C11H19N3O. The van der Waals surface area contributed by atoms with Crippen molar-refractivity contribution in [3.05, 3.63) is 18.0 Å². The lowest BCUT2D eigenvalue weighted by atomic mass is 9.95. The summed E-state index contributed by atoms with van der Waals surface area (Å²) >= 11 is 0. The maximum absolute atomic E-state index is 11.9. The summed E-state index contributed by atoms with van der Waals surface area (Å²) in [6.45, 7) is 6.60. The predicted octanol–water partition coefficient (Wildman–Crippen LogP) is 0.920. The smallest absolute Gasteiger partial charge is 0.158 e. The van der Waals surface area contributed by atoms with Gasteiger partial charge in [-0.05, 0) is 26.5 Å². The van der Waals surface area contributed by atoms with Crippen molar-refractivity contribution >= 4 is 5.78 Å². The lowest BCUT2D eigenvalue weighted by Gasteiger charge is -2.23. The second-order valence-electron chi connectivity index (χ2n) is 4.24. The first-order chi connectivity index (χ1) is 6.95. The van der Waals surface area contributed by atoms with E-state index in [-0.39, 0.29) is 5.78 Å².